The van der Waals surface area contributed by atoms with Crippen molar-refractivity contribution in [1.29, 1.82) is 0 Å². The van der Waals surface area contributed by atoms with Gasteiger partial charge in [0.05, 0.1) is 16.0 Å². The lowest BCUT2D eigenvalue weighted by atomic mass is 9.97. The van der Waals surface area contributed by atoms with E-state index in [2.05, 4.69) is 0 Å². The summed E-state index contributed by atoms with van der Waals surface area (Å²) in [7, 11) is -1.12. The molecule has 0 heterocycles. The highest BCUT2D eigenvalue weighted by molar-refractivity contribution is 7.85. The third kappa shape index (κ3) is 3.39. The van der Waals surface area contributed by atoms with Gasteiger partial charge in [-0.15, -0.1) is 0 Å². The molecule has 1 aliphatic rings. The fraction of sp³-hybridized carbons (Fsp3) is 0.571. The van der Waals surface area contributed by atoms with Crippen LogP contribution in [0, 0.1) is 5.82 Å². The first-order chi connectivity index (χ1) is 8.68. The van der Waals surface area contributed by atoms with Crippen LogP contribution >= 0.6 is 0 Å². The number of hydrogen-bond donors (Lipinski definition) is 1. The molecule has 0 radical (unpaired) electrons. The van der Waals surface area contributed by atoms with Crippen molar-refractivity contribution in [3.8, 4) is 0 Å². The van der Waals surface area contributed by atoms with Crippen LogP contribution in [-0.2, 0) is 10.8 Å². The van der Waals surface area contributed by atoms with E-state index in [9.17, 15) is 8.60 Å². The van der Waals surface area contributed by atoms with Gasteiger partial charge < -0.3 is 5.73 Å². The van der Waals surface area contributed by atoms with Gasteiger partial charge in [-0.1, -0.05) is 25.7 Å². The van der Waals surface area contributed by atoms with Gasteiger partial charge in [0.2, 0.25) is 0 Å². The lowest BCUT2D eigenvalue weighted by Crippen LogP contribution is -2.38. The van der Waals surface area contributed by atoms with Crippen molar-refractivity contribution in [1.82, 2.24) is 0 Å². The topological polar surface area (TPSA) is 43.1 Å². The summed E-state index contributed by atoms with van der Waals surface area (Å²) < 4.78 is 25.4. The predicted molar refractivity (Wildman–Crippen MR) is 72.3 cm³/mol. The average molecular weight is 269 g/mol. The second kappa shape index (κ2) is 6.43. The lowest BCUT2D eigenvalue weighted by Gasteiger charge is -2.25. The molecule has 1 fully saturated rings. The van der Waals surface area contributed by atoms with E-state index in [0.29, 0.717) is 4.90 Å². The molecular weight excluding hydrogens is 249 g/mol. The van der Waals surface area contributed by atoms with Gasteiger partial charge >= 0.3 is 0 Å². The Kier molecular flexibility index (Phi) is 4.89. The first-order valence-corrected chi connectivity index (χ1v) is 7.81. The Morgan fingerprint density at radius 2 is 1.67 bits per heavy atom. The summed E-state index contributed by atoms with van der Waals surface area (Å²) in [5.41, 5.74) is 6.15. The Balaban J connectivity index is 2.12. The predicted octanol–water partition coefficient (Wildman–Crippen LogP) is 2.98. The molecule has 0 aliphatic heterocycles. The van der Waals surface area contributed by atoms with Gasteiger partial charge in [-0.2, -0.15) is 0 Å². The van der Waals surface area contributed by atoms with E-state index < -0.39 is 10.8 Å². The van der Waals surface area contributed by atoms with Crippen molar-refractivity contribution in [2.45, 2.75) is 54.7 Å². The lowest BCUT2D eigenvalue weighted by molar-refractivity contribution is 0.456. The van der Waals surface area contributed by atoms with Gasteiger partial charge in [0.15, 0.2) is 0 Å². The van der Waals surface area contributed by atoms with Gasteiger partial charge in [0.25, 0.3) is 0 Å². The molecule has 0 saturated heterocycles. The monoisotopic (exact) mass is 269 g/mol. The van der Waals surface area contributed by atoms with Crippen LogP contribution in [0.3, 0.4) is 0 Å². The van der Waals surface area contributed by atoms with Crippen LogP contribution in [0.25, 0.3) is 0 Å². The van der Waals surface area contributed by atoms with E-state index >= 15 is 0 Å². The minimum absolute atomic E-state index is 0.00353. The standard InChI is InChI=1S/C14H20FNOS/c15-11-7-9-12(10-8-11)18(17)14-6-4-2-1-3-5-13(14)16/h7-10,13-14H,1-6,16H2. The summed E-state index contributed by atoms with van der Waals surface area (Å²) in [6.45, 7) is 0. The van der Waals surface area contributed by atoms with E-state index in [-0.39, 0.29) is 17.1 Å². The molecule has 0 bridgehead atoms. The number of benzene rings is 1. The third-order valence-corrected chi connectivity index (χ3v) is 5.45. The normalized spacial score (nSPS) is 27.2. The Morgan fingerprint density at radius 3 is 2.33 bits per heavy atom. The van der Waals surface area contributed by atoms with Crippen LogP contribution in [0.4, 0.5) is 4.39 Å². The van der Waals surface area contributed by atoms with Gasteiger partial charge in [-0.25, -0.2) is 4.39 Å². The Morgan fingerprint density at radius 1 is 1.06 bits per heavy atom. The molecule has 3 atom stereocenters. The molecule has 2 rings (SSSR count). The van der Waals surface area contributed by atoms with Gasteiger partial charge in [0, 0.05) is 10.9 Å². The van der Waals surface area contributed by atoms with Crippen molar-refractivity contribution in [2.24, 2.45) is 5.73 Å². The van der Waals surface area contributed by atoms with Crippen molar-refractivity contribution < 1.29 is 8.60 Å². The first kappa shape index (κ1) is 13.7. The highest BCUT2D eigenvalue weighted by Gasteiger charge is 2.25. The Hall–Kier alpha value is -0.740. The highest BCUT2D eigenvalue weighted by atomic mass is 32.2. The molecule has 4 heteroatoms. The third-order valence-electron chi connectivity index (χ3n) is 3.57. The van der Waals surface area contributed by atoms with Crippen LogP contribution in [0.5, 0.6) is 0 Å². The summed E-state index contributed by atoms with van der Waals surface area (Å²) in [6, 6.07) is 5.94. The number of halogens is 1. The van der Waals surface area contributed by atoms with Crippen LogP contribution in [0.2, 0.25) is 0 Å². The maximum Gasteiger partial charge on any atom is 0.123 e. The van der Waals surface area contributed by atoms with E-state index in [1.165, 1.54) is 25.0 Å². The quantitative estimate of drug-likeness (QED) is 0.897. The van der Waals surface area contributed by atoms with Crippen LogP contribution in [-0.4, -0.2) is 15.5 Å². The zero-order valence-electron chi connectivity index (χ0n) is 10.5. The molecule has 100 valence electrons. The number of hydrogen-bond acceptors (Lipinski definition) is 2. The van der Waals surface area contributed by atoms with Gasteiger partial charge in [-0.3, -0.25) is 4.21 Å². The summed E-state index contributed by atoms with van der Waals surface area (Å²) in [6.07, 6.45) is 6.49. The SMILES string of the molecule is NC1CCCCCCC1S(=O)c1ccc(F)cc1. The molecule has 0 amide bonds. The molecule has 0 spiro atoms. The smallest absolute Gasteiger partial charge is 0.123 e. The molecule has 1 aromatic carbocycles. The van der Waals surface area contributed by atoms with Crippen molar-refractivity contribution >= 4 is 10.8 Å². The molecule has 1 saturated carbocycles. The van der Waals surface area contributed by atoms with Gasteiger partial charge in [-0.05, 0) is 37.1 Å². The minimum Gasteiger partial charge on any atom is -0.327 e. The number of nitrogens with two attached hydrogens (primary N) is 1. The summed E-state index contributed by atoms with van der Waals surface area (Å²) >= 11 is 0. The molecule has 2 N–H and O–H groups in total. The molecule has 1 aliphatic carbocycles. The average Bonchev–Trinajstić information content (AvgIpc) is 2.35. The van der Waals surface area contributed by atoms with E-state index in [1.807, 2.05) is 0 Å². The van der Waals surface area contributed by atoms with Crippen molar-refractivity contribution in [3.63, 3.8) is 0 Å². The van der Waals surface area contributed by atoms with E-state index in [0.717, 1.165) is 25.7 Å². The highest BCUT2D eigenvalue weighted by Crippen LogP contribution is 2.24. The maximum absolute atomic E-state index is 12.9. The molecule has 0 aromatic heterocycles. The molecule has 18 heavy (non-hydrogen) atoms. The fourth-order valence-corrected chi connectivity index (χ4v) is 4.08. The van der Waals surface area contributed by atoms with Crippen molar-refractivity contribution in [2.75, 3.05) is 0 Å². The summed E-state index contributed by atoms with van der Waals surface area (Å²) in [4.78, 5) is 0.692. The molecular formula is C14H20FNOS. The molecule has 1 aromatic rings. The number of rotatable bonds is 2. The molecule has 3 unspecified atom stereocenters. The second-order valence-electron chi connectivity index (χ2n) is 4.95. The zero-order chi connectivity index (χ0) is 13.0. The van der Waals surface area contributed by atoms with Crippen molar-refractivity contribution in [3.05, 3.63) is 30.1 Å². The van der Waals surface area contributed by atoms with Crippen LogP contribution in [0.1, 0.15) is 38.5 Å². The Bertz CT molecular complexity index is 407. The fourth-order valence-electron chi connectivity index (χ4n) is 2.49. The minimum atomic E-state index is -1.12. The zero-order valence-corrected chi connectivity index (χ0v) is 11.3. The Labute approximate surface area is 110 Å². The first-order valence-electron chi connectivity index (χ1n) is 6.60. The summed E-state index contributed by atoms with van der Waals surface area (Å²) in [5.74, 6) is -0.294. The van der Waals surface area contributed by atoms with E-state index in [1.54, 1.807) is 12.1 Å². The van der Waals surface area contributed by atoms with E-state index in [4.69, 9.17) is 5.73 Å². The second-order valence-corrected chi connectivity index (χ2v) is 6.62. The largest absolute Gasteiger partial charge is 0.327 e. The van der Waals surface area contributed by atoms with Crippen LogP contribution in [0.15, 0.2) is 29.2 Å². The maximum atomic E-state index is 12.9. The molecule has 2 nitrogen and oxygen atoms in total. The van der Waals surface area contributed by atoms with Gasteiger partial charge in [0.1, 0.15) is 5.82 Å². The summed E-state index contributed by atoms with van der Waals surface area (Å²) in [5, 5.41) is 0.00996. The van der Waals surface area contributed by atoms with Crippen LogP contribution < -0.4 is 5.73 Å².